The highest BCUT2D eigenvalue weighted by atomic mass is 15.3. The summed E-state index contributed by atoms with van der Waals surface area (Å²) in [6, 6.07) is 2.18. The maximum atomic E-state index is 4.30. The minimum atomic E-state index is 0.696. The van der Waals surface area contributed by atoms with Crippen molar-refractivity contribution in [1.82, 2.24) is 19.7 Å². The average molecular weight is 260 g/mol. The van der Waals surface area contributed by atoms with E-state index < -0.39 is 0 Å². The van der Waals surface area contributed by atoms with Crippen LogP contribution in [0.1, 0.15) is 31.9 Å². The molecule has 0 saturated heterocycles. The van der Waals surface area contributed by atoms with Crippen molar-refractivity contribution >= 4 is 0 Å². The third-order valence-corrected chi connectivity index (χ3v) is 3.07. The van der Waals surface area contributed by atoms with Crippen LogP contribution in [0.4, 0.5) is 0 Å². The Balaban J connectivity index is 1.86. The minimum Gasteiger partial charge on any atom is -0.349 e. The Bertz CT molecular complexity index is 496. The van der Waals surface area contributed by atoms with Gasteiger partial charge in [-0.15, -0.1) is 0 Å². The first kappa shape index (κ1) is 13.9. The topological polar surface area (TPSA) is 34.8 Å². The highest BCUT2D eigenvalue weighted by molar-refractivity contribution is 5.13. The van der Waals surface area contributed by atoms with E-state index in [1.807, 2.05) is 10.9 Å². The van der Waals surface area contributed by atoms with Gasteiger partial charge < -0.3 is 9.88 Å². The van der Waals surface area contributed by atoms with E-state index >= 15 is 0 Å². The highest BCUT2D eigenvalue weighted by Crippen LogP contribution is 2.06. The van der Waals surface area contributed by atoms with E-state index in [-0.39, 0.29) is 0 Å². The van der Waals surface area contributed by atoms with Gasteiger partial charge in [0.1, 0.15) is 0 Å². The molecule has 0 unspecified atom stereocenters. The van der Waals surface area contributed by atoms with Crippen LogP contribution in [-0.2, 0) is 19.6 Å². The van der Waals surface area contributed by atoms with Crippen molar-refractivity contribution in [2.75, 3.05) is 6.54 Å². The quantitative estimate of drug-likeness (QED) is 0.830. The molecule has 1 N–H and O–H groups in total. The van der Waals surface area contributed by atoms with Crippen LogP contribution in [0, 0.1) is 5.92 Å². The first-order valence-corrected chi connectivity index (χ1v) is 7.04. The number of aryl methyl sites for hydroxylation is 1. The molecule has 104 valence electrons. The summed E-state index contributed by atoms with van der Waals surface area (Å²) in [5.41, 5.74) is 2.59. The first-order chi connectivity index (χ1) is 9.17. The van der Waals surface area contributed by atoms with E-state index in [1.165, 1.54) is 11.1 Å². The summed E-state index contributed by atoms with van der Waals surface area (Å²) in [4.78, 5) is 0. The van der Waals surface area contributed by atoms with Crippen molar-refractivity contribution in [3.8, 4) is 0 Å². The van der Waals surface area contributed by atoms with Crippen molar-refractivity contribution in [2.45, 2.75) is 40.4 Å². The zero-order valence-corrected chi connectivity index (χ0v) is 12.1. The Hall–Kier alpha value is -1.55. The van der Waals surface area contributed by atoms with E-state index in [2.05, 4.69) is 60.4 Å². The largest absolute Gasteiger partial charge is 0.349 e. The van der Waals surface area contributed by atoms with Crippen LogP contribution in [0.25, 0.3) is 0 Å². The monoisotopic (exact) mass is 260 g/mol. The van der Waals surface area contributed by atoms with E-state index in [0.717, 1.165) is 26.2 Å². The predicted molar refractivity (Wildman–Crippen MR) is 78.0 cm³/mol. The number of hydrogen-bond acceptors (Lipinski definition) is 2. The molecular weight excluding hydrogens is 236 g/mol. The van der Waals surface area contributed by atoms with Gasteiger partial charge in [-0.3, -0.25) is 4.68 Å². The Morgan fingerprint density at radius 3 is 2.79 bits per heavy atom. The third kappa shape index (κ3) is 4.24. The van der Waals surface area contributed by atoms with E-state index in [9.17, 15) is 0 Å². The molecule has 0 aliphatic rings. The molecule has 0 radical (unpaired) electrons. The Kier molecular flexibility index (Phi) is 4.80. The van der Waals surface area contributed by atoms with Gasteiger partial charge in [-0.25, -0.2) is 0 Å². The Labute approximate surface area is 115 Å². The fourth-order valence-electron chi connectivity index (χ4n) is 2.07. The van der Waals surface area contributed by atoms with E-state index in [0.29, 0.717) is 5.92 Å². The molecule has 0 amide bonds. The summed E-state index contributed by atoms with van der Waals surface area (Å²) in [7, 11) is 0. The molecule has 4 heteroatoms. The Morgan fingerprint density at radius 2 is 2.11 bits per heavy atom. The highest BCUT2D eigenvalue weighted by Gasteiger charge is 2.01. The summed E-state index contributed by atoms with van der Waals surface area (Å²) in [5.74, 6) is 0.696. The lowest BCUT2D eigenvalue weighted by atomic mass is 10.2. The molecule has 0 aliphatic heterocycles. The molecule has 0 fully saturated rings. The van der Waals surface area contributed by atoms with Gasteiger partial charge in [0, 0.05) is 37.2 Å². The van der Waals surface area contributed by atoms with Crippen LogP contribution in [-0.4, -0.2) is 20.9 Å². The average Bonchev–Trinajstić information content (AvgIpc) is 2.99. The number of nitrogens with zero attached hydrogens (tertiary/aromatic N) is 3. The summed E-state index contributed by atoms with van der Waals surface area (Å²) in [5, 5.41) is 7.76. The fourth-order valence-corrected chi connectivity index (χ4v) is 2.07. The van der Waals surface area contributed by atoms with Crippen molar-refractivity contribution in [2.24, 2.45) is 5.92 Å². The second-order valence-electron chi connectivity index (χ2n) is 5.42. The molecular formula is C15H24N4. The molecule has 2 heterocycles. The SMILES string of the molecule is CCn1cc(Cn2ccc(CNCC(C)C)c2)cn1. The lowest BCUT2D eigenvalue weighted by Gasteiger charge is -2.05. The van der Waals surface area contributed by atoms with Gasteiger partial charge >= 0.3 is 0 Å². The van der Waals surface area contributed by atoms with Gasteiger partial charge in [-0.05, 0) is 31.0 Å². The van der Waals surface area contributed by atoms with Gasteiger partial charge in [-0.2, -0.15) is 5.10 Å². The second kappa shape index (κ2) is 6.57. The minimum absolute atomic E-state index is 0.696. The molecule has 19 heavy (non-hydrogen) atoms. The van der Waals surface area contributed by atoms with Crippen LogP contribution in [0.15, 0.2) is 30.9 Å². The van der Waals surface area contributed by atoms with Gasteiger partial charge in [-0.1, -0.05) is 13.8 Å². The number of nitrogens with one attached hydrogen (secondary N) is 1. The second-order valence-corrected chi connectivity index (χ2v) is 5.42. The molecule has 0 aromatic carbocycles. The number of aromatic nitrogens is 3. The van der Waals surface area contributed by atoms with Crippen molar-refractivity contribution < 1.29 is 0 Å². The van der Waals surface area contributed by atoms with Gasteiger partial charge in [0.05, 0.1) is 12.7 Å². The molecule has 2 aromatic heterocycles. The maximum absolute atomic E-state index is 4.30. The van der Waals surface area contributed by atoms with Crippen molar-refractivity contribution in [3.05, 3.63) is 42.0 Å². The van der Waals surface area contributed by atoms with Gasteiger partial charge in [0.25, 0.3) is 0 Å². The molecule has 4 nitrogen and oxygen atoms in total. The van der Waals surface area contributed by atoms with Crippen LogP contribution in [0.2, 0.25) is 0 Å². The third-order valence-electron chi connectivity index (χ3n) is 3.07. The first-order valence-electron chi connectivity index (χ1n) is 7.04. The fraction of sp³-hybridized carbons (Fsp3) is 0.533. The summed E-state index contributed by atoms with van der Waals surface area (Å²) in [6.45, 7) is 10.4. The molecule has 0 saturated carbocycles. The Morgan fingerprint density at radius 1 is 1.26 bits per heavy atom. The number of hydrogen-bond donors (Lipinski definition) is 1. The molecule has 2 aromatic rings. The normalized spacial score (nSPS) is 11.4. The standard InChI is InChI=1S/C15H24N4/c1-4-19-12-15(9-17-19)11-18-6-5-14(10-18)8-16-7-13(2)3/h5-6,9-10,12-13,16H,4,7-8,11H2,1-3H3. The van der Waals surface area contributed by atoms with Gasteiger partial charge in [0.15, 0.2) is 0 Å². The van der Waals surface area contributed by atoms with Crippen LogP contribution >= 0.6 is 0 Å². The zero-order valence-electron chi connectivity index (χ0n) is 12.1. The molecule has 0 bridgehead atoms. The summed E-state index contributed by atoms with van der Waals surface area (Å²) in [6.07, 6.45) is 8.39. The molecule has 0 aliphatic carbocycles. The summed E-state index contributed by atoms with van der Waals surface area (Å²) < 4.78 is 4.17. The smallest absolute Gasteiger partial charge is 0.0539 e. The molecule has 0 atom stereocenters. The van der Waals surface area contributed by atoms with Crippen LogP contribution < -0.4 is 5.32 Å². The number of rotatable bonds is 7. The lowest BCUT2D eigenvalue weighted by molar-refractivity contribution is 0.552. The lowest BCUT2D eigenvalue weighted by Crippen LogP contribution is -2.18. The van der Waals surface area contributed by atoms with E-state index in [4.69, 9.17) is 0 Å². The van der Waals surface area contributed by atoms with Crippen molar-refractivity contribution in [1.29, 1.82) is 0 Å². The predicted octanol–water partition coefficient (Wildman–Crippen LogP) is 2.50. The molecule has 2 rings (SSSR count). The van der Waals surface area contributed by atoms with Crippen molar-refractivity contribution in [3.63, 3.8) is 0 Å². The molecule has 0 spiro atoms. The van der Waals surface area contributed by atoms with Gasteiger partial charge in [0.2, 0.25) is 0 Å². The zero-order chi connectivity index (χ0) is 13.7. The summed E-state index contributed by atoms with van der Waals surface area (Å²) >= 11 is 0. The van der Waals surface area contributed by atoms with Crippen LogP contribution in [0.5, 0.6) is 0 Å². The maximum Gasteiger partial charge on any atom is 0.0539 e. The van der Waals surface area contributed by atoms with E-state index in [1.54, 1.807) is 0 Å². The van der Waals surface area contributed by atoms with Crippen LogP contribution in [0.3, 0.4) is 0 Å².